The van der Waals surface area contributed by atoms with Gasteiger partial charge in [0, 0.05) is 67.5 Å². The molecule has 382 valence electrons. The van der Waals surface area contributed by atoms with Gasteiger partial charge < -0.3 is 25.9 Å². The average Bonchev–Trinajstić information content (AvgIpc) is 3.38. The minimum Gasteiger partial charge on any atom is -1.00 e. The molecule has 7 aromatic carbocycles. The molecule has 0 saturated carbocycles. The molecule has 0 aliphatic heterocycles. The Hall–Kier alpha value is -2.88. The second-order valence-corrected chi connectivity index (χ2v) is 19.6. The molecule has 76 heavy (non-hydrogen) atoms. The van der Waals surface area contributed by atoms with Gasteiger partial charge in [0.1, 0.15) is 41.1 Å². The standard InChI is InChI=1S/C25H19ClF2NO3P.C17H9BrClF2NO.C10H6BrNO.CH2O3.CH4.2Cs.H/c26-22-16-21(23(27)17-24(22)28)25(29-18-10-4-1-5-11-18)33(30,31-19-12-6-2-7-13-19)32-20-14-8-3-9-15-20;18-11-5-10-3-9(1-2-16(10)22-8-11)4-17(23)12-6-13(19)15(21)7-14(12)20;11-9-4-8-3-7(6-13)1-2-10(8)12-5-9;2-1-4-3;;;;/h1-17,25,29H;1-3,5-8H,4H2;1-6H;1,3H;1H4;;;/q;;;;;2*+1;-1/p-1. The number of halogens is 8. The molecule has 9 rings (SSSR count). The number of nitrogens with one attached hydrogen (secondary N) is 1. The largest absolute Gasteiger partial charge is 1.00 e. The van der Waals surface area contributed by atoms with Crippen molar-refractivity contribution in [2.24, 2.45) is 0 Å². The Kier molecular flexibility index (Phi) is 29.8. The van der Waals surface area contributed by atoms with Crippen molar-refractivity contribution < 1.29 is 195 Å². The van der Waals surface area contributed by atoms with Crippen LogP contribution in [-0.4, -0.2) is 28.5 Å². The first-order valence-electron chi connectivity index (χ1n) is 21.1. The zero-order chi connectivity index (χ0) is 52.5. The molecule has 22 heteroatoms. The smallest absolute Gasteiger partial charge is 1.00 e. The van der Waals surface area contributed by atoms with Crippen LogP contribution in [0.3, 0.4) is 0 Å². The molecule has 9 aromatic rings. The van der Waals surface area contributed by atoms with Gasteiger partial charge in [0.2, 0.25) is 0 Å². The van der Waals surface area contributed by atoms with Crippen LogP contribution in [0.15, 0.2) is 185 Å². The van der Waals surface area contributed by atoms with Gasteiger partial charge in [-0.25, -0.2) is 22.1 Å². The van der Waals surface area contributed by atoms with Crippen LogP contribution in [-0.2, 0) is 20.7 Å². The maximum absolute atomic E-state index is 15.0. The summed E-state index contributed by atoms with van der Waals surface area (Å²) in [6.07, 6.45) is 4.24. The molecule has 0 fully saturated rings. The summed E-state index contributed by atoms with van der Waals surface area (Å²) >= 11 is 18.3. The van der Waals surface area contributed by atoms with Gasteiger partial charge in [-0.2, -0.15) is 0 Å². The van der Waals surface area contributed by atoms with E-state index in [1.165, 1.54) is 0 Å². The molecule has 2 heterocycles. The fourth-order valence-corrected chi connectivity index (χ4v) is 9.58. The van der Waals surface area contributed by atoms with Crippen molar-refractivity contribution in [1.82, 2.24) is 9.97 Å². The maximum Gasteiger partial charge on any atom is 1.00 e. The third-order valence-corrected chi connectivity index (χ3v) is 13.3. The van der Waals surface area contributed by atoms with Gasteiger partial charge >= 0.3 is 145 Å². The minimum absolute atomic E-state index is 0. The molecule has 0 amide bonds. The number of benzene rings is 7. The topological polar surface area (TPSA) is 157 Å². The number of rotatable bonds is 13. The Balaban J connectivity index is 0.000000401. The monoisotopic (exact) mass is 1460 g/mol. The number of Topliss-reactive ketones (excluding diaryl/α,β-unsaturated/α-hetero) is 1. The molecule has 0 spiro atoms. The average molecular weight is 1460 g/mol. The van der Waals surface area contributed by atoms with Crippen molar-refractivity contribution in [1.29, 1.82) is 0 Å². The predicted octanol–water partition coefficient (Wildman–Crippen LogP) is 9.44. The summed E-state index contributed by atoms with van der Waals surface area (Å²) in [5.74, 6) is -5.00. The molecule has 0 aliphatic carbocycles. The number of carbonyl (C=O) groups is 3. The van der Waals surface area contributed by atoms with E-state index in [1.807, 2.05) is 30.3 Å². The molecular weight excluding hydrogens is 1420 g/mol. The van der Waals surface area contributed by atoms with E-state index >= 15 is 4.39 Å². The fourth-order valence-electron chi connectivity index (χ4n) is 6.63. The van der Waals surface area contributed by atoms with Gasteiger partial charge in [-0.1, -0.05) is 91.3 Å². The molecule has 0 saturated heterocycles. The van der Waals surface area contributed by atoms with E-state index in [-0.39, 0.29) is 192 Å². The minimum atomic E-state index is -4.25. The van der Waals surface area contributed by atoms with E-state index in [2.05, 4.69) is 52.0 Å². The molecule has 2 aromatic heterocycles. The van der Waals surface area contributed by atoms with Gasteiger partial charge in [-0.05, 0) is 128 Å². The van der Waals surface area contributed by atoms with Crippen molar-refractivity contribution in [3.63, 3.8) is 0 Å². The van der Waals surface area contributed by atoms with Gasteiger partial charge in [-0.15, -0.1) is 0 Å². The van der Waals surface area contributed by atoms with Gasteiger partial charge in [-0.3, -0.25) is 24.4 Å². The number of fused-ring (bicyclic) bond motifs is 2. The van der Waals surface area contributed by atoms with Crippen LogP contribution in [0.4, 0.5) is 23.2 Å². The summed E-state index contributed by atoms with van der Waals surface area (Å²) in [5.41, 5.74) is 3.21. The second kappa shape index (κ2) is 33.7. The number of aromatic nitrogens is 2. The summed E-state index contributed by atoms with van der Waals surface area (Å²) in [7, 11) is -4.25. The van der Waals surface area contributed by atoms with Gasteiger partial charge in [0.05, 0.1) is 26.6 Å². The maximum atomic E-state index is 15.0. The van der Waals surface area contributed by atoms with E-state index in [0.717, 1.165) is 49.2 Å². The Morgan fingerprint density at radius 2 is 1.13 bits per heavy atom. The van der Waals surface area contributed by atoms with Crippen LogP contribution in [0.1, 0.15) is 46.5 Å². The van der Waals surface area contributed by atoms with Crippen LogP contribution in [0.25, 0.3) is 21.8 Å². The fraction of sp³-hybridized carbons (Fsp3) is 0.0556. The summed E-state index contributed by atoms with van der Waals surface area (Å²) in [4.78, 5) is 42.4. The van der Waals surface area contributed by atoms with Crippen molar-refractivity contribution >= 4 is 109 Å². The quantitative estimate of drug-likeness (QED) is 0.0223. The Morgan fingerprint density at radius 3 is 1.64 bits per heavy atom. The van der Waals surface area contributed by atoms with E-state index < -0.39 is 42.4 Å². The van der Waals surface area contributed by atoms with Gasteiger partial charge in [0.25, 0.3) is 6.47 Å². The van der Waals surface area contributed by atoms with E-state index in [4.69, 9.17) is 42.3 Å². The molecular formula is C54H40Br2Cl2Cs2F4N3O8P. The zero-order valence-electron chi connectivity index (χ0n) is 40.3. The number of nitrogens with zero attached hydrogens (tertiary/aromatic N) is 2. The van der Waals surface area contributed by atoms with E-state index in [9.17, 15) is 27.3 Å². The SMILES string of the molecule is C.O=C(Cc1ccc2ncc(Br)cc2c1)c1cc(Cl)c(F)cc1F.O=CO[O-].O=Cc1ccc2ncc(Br)cc2c1.O=P(Oc1ccccc1)(Oc1ccccc1)C(Nc1ccccc1)c1cc(Cl)c(F)cc1F.[Cs+].[Cs+].[H-]. The number of ketones is 1. The van der Waals surface area contributed by atoms with E-state index in [1.54, 1.807) is 122 Å². The summed E-state index contributed by atoms with van der Waals surface area (Å²) in [6, 6.07) is 43.5. The molecule has 0 aliphatic rings. The first-order chi connectivity index (χ1) is 35.1. The Labute approximate surface area is 580 Å². The van der Waals surface area contributed by atoms with Crippen LogP contribution in [0, 0.1) is 23.3 Å². The van der Waals surface area contributed by atoms with Gasteiger partial charge in [0.15, 0.2) is 11.6 Å². The molecule has 0 radical (unpaired) electrons. The molecule has 1 unspecified atom stereocenters. The Bertz CT molecular complexity index is 3390. The number of para-hydroxylation sites is 3. The summed E-state index contributed by atoms with van der Waals surface area (Å²) in [6.45, 7) is -0.181. The van der Waals surface area contributed by atoms with Crippen molar-refractivity contribution in [2.45, 2.75) is 19.6 Å². The molecule has 11 nitrogen and oxygen atoms in total. The summed E-state index contributed by atoms with van der Waals surface area (Å²) in [5, 5.41) is 12.7. The third kappa shape index (κ3) is 20.0. The van der Waals surface area contributed by atoms with Crippen molar-refractivity contribution in [3.05, 3.63) is 241 Å². The van der Waals surface area contributed by atoms with Crippen LogP contribution in [0.5, 0.6) is 11.5 Å². The number of anilines is 1. The zero-order valence-corrected chi connectivity index (χ0v) is 57.5. The third-order valence-electron chi connectivity index (χ3n) is 9.91. The van der Waals surface area contributed by atoms with E-state index in [0.29, 0.717) is 28.9 Å². The number of carbonyl (C=O) groups excluding carboxylic acids is 3. The van der Waals surface area contributed by atoms with Crippen molar-refractivity contribution in [2.75, 3.05) is 5.32 Å². The Morgan fingerprint density at radius 1 is 0.658 bits per heavy atom. The summed E-state index contributed by atoms with van der Waals surface area (Å²) < 4.78 is 83.8. The number of pyridine rings is 2. The molecule has 1 atom stereocenters. The second-order valence-electron chi connectivity index (χ2n) is 15.0. The van der Waals surface area contributed by atoms with Crippen LogP contribution in [0.2, 0.25) is 10.0 Å². The van der Waals surface area contributed by atoms with Crippen LogP contribution >= 0.6 is 62.7 Å². The van der Waals surface area contributed by atoms with Crippen LogP contribution < -0.4 is 157 Å². The number of hydrogen-bond donors (Lipinski definition) is 1. The first-order valence-corrected chi connectivity index (χ1v) is 25.0. The van der Waals surface area contributed by atoms with Crippen molar-refractivity contribution in [3.8, 4) is 11.5 Å². The first kappa shape index (κ1) is 67.4. The number of aldehydes is 1. The predicted molar refractivity (Wildman–Crippen MR) is 285 cm³/mol. The normalized spacial score (nSPS) is 10.6. The molecule has 1 N–H and O–H groups in total. The number of hydrogen-bond acceptors (Lipinski definition) is 11. The molecule has 0 bridgehead atoms.